The maximum atomic E-state index is 12.7. The first-order valence-electron chi connectivity index (χ1n) is 3.89. The molecule has 0 saturated carbocycles. The fourth-order valence-corrected chi connectivity index (χ4v) is 0.466. The van der Waals surface area contributed by atoms with E-state index >= 15 is 0 Å². The van der Waals surface area contributed by atoms with Crippen LogP contribution in [0.5, 0.6) is 0 Å². The Morgan fingerprint density at radius 1 is 2.00 bits per heavy atom. The molecule has 0 radical (unpaired) electrons. The molecule has 0 aromatic carbocycles. The Labute approximate surface area is 59.7 Å². The molecule has 0 fully saturated rings. The Hall–Kier alpha value is -1.39. The van der Waals surface area contributed by atoms with Crippen LogP contribution in [0.25, 0.3) is 0 Å². The first kappa shape index (κ1) is 3.70. The molecule has 0 unspecified atom stereocenters. The fourth-order valence-electron chi connectivity index (χ4n) is 0.466. The number of hydrogen-bond donors (Lipinski definition) is 2. The third-order valence-electron chi connectivity index (χ3n) is 0.975. The fraction of sp³-hybridized carbons (Fsp3) is 0.200. The average Bonchev–Trinajstić information content (AvgIpc) is 1.95. The van der Waals surface area contributed by atoms with Gasteiger partial charge in [-0.05, 0) is 0 Å². The van der Waals surface area contributed by atoms with Crippen LogP contribution in [-0.4, -0.2) is 9.55 Å². The molecule has 0 saturated heterocycles. The SMILES string of the molecule is [2H]C([2H])([2H])n1c(=O)[nH]cc(F)c1=N. The molecule has 2 N–H and O–H groups in total. The zero-order chi connectivity index (χ0) is 10.2. The van der Waals surface area contributed by atoms with Crippen LogP contribution in [0.15, 0.2) is 11.0 Å². The van der Waals surface area contributed by atoms with Crippen LogP contribution >= 0.6 is 0 Å². The van der Waals surface area contributed by atoms with E-state index in [-0.39, 0.29) is 4.57 Å². The molecule has 0 aliphatic carbocycles. The highest BCUT2D eigenvalue weighted by Crippen LogP contribution is 1.76. The van der Waals surface area contributed by atoms with Crippen molar-refractivity contribution in [2.75, 3.05) is 0 Å². The summed E-state index contributed by atoms with van der Waals surface area (Å²) in [6.45, 7) is -2.84. The molecule has 1 rings (SSSR count). The van der Waals surface area contributed by atoms with Gasteiger partial charge < -0.3 is 4.98 Å². The molecule has 0 atom stereocenters. The van der Waals surface area contributed by atoms with E-state index < -0.39 is 24.0 Å². The van der Waals surface area contributed by atoms with E-state index in [0.29, 0.717) is 6.20 Å². The lowest BCUT2D eigenvalue weighted by Crippen LogP contribution is -2.33. The number of hydrogen-bond acceptors (Lipinski definition) is 2. The predicted octanol–water partition coefficient (Wildman–Crippen LogP) is -0.668. The van der Waals surface area contributed by atoms with Crippen LogP contribution in [0.1, 0.15) is 4.11 Å². The van der Waals surface area contributed by atoms with Crippen molar-refractivity contribution in [3.8, 4) is 0 Å². The summed E-state index contributed by atoms with van der Waals surface area (Å²) in [5, 5.41) is 7.00. The summed E-state index contributed by atoms with van der Waals surface area (Å²) in [7, 11) is 0. The Balaban J connectivity index is 3.63. The third kappa shape index (κ3) is 0.854. The molecule has 4 nitrogen and oxygen atoms in total. The second-order valence-corrected chi connectivity index (χ2v) is 1.63. The lowest BCUT2D eigenvalue weighted by Gasteiger charge is -1.94. The first-order valence-corrected chi connectivity index (χ1v) is 2.39. The van der Waals surface area contributed by atoms with Gasteiger partial charge in [-0.1, -0.05) is 0 Å². The van der Waals surface area contributed by atoms with Gasteiger partial charge in [0.1, 0.15) is 0 Å². The molecule has 1 aromatic rings. The number of nitrogens with zero attached hydrogens (tertiary/aromatic N) is 1. The van der Waals surface area contributed by atoms with Gasteiger partial charge >= 0.3 is 5.69 Å². The first-order chi connectivity index (χ1) is 5.84. The van der Waals surface area contributed by atoms with Crippen LogP contribution in [0.2, 0.25) is 0 Å². The molecular weight excluding hydrogens is 137 g/mol. The molecule has 0 aliphatic rings. The van der Waals surface area contributed by atoms with Crippen molar-refractivity contribution in [3.63, 3.8) is 0 Å². The van der Waals surface area contributed by atoms with Crippen LogP contribution in [0.4, 0.5) is 4.39 Å². The normalized spacial score (nSPS) is 15.5. The molecular formula is C5H6FN3O. The van der Waals surface area contributed by atoms with Gasteiger partial charge in [-0.25, -0.2) is 9.18 Å². The third-order valence-corrected chi connectivity index (χ3v) is 0.975. The summed E-state index contributed by atoms with van der Waals surface area (Å²) in [6, 6.07) is 0. The van der Waals surface area contributed by atoms with Gasteiger partial charge in [-0.15, -0.1) is 0 Å². The topological polar surface area (TPSA) is 61.6 Å². The highest BCUT2D eigenvalue weighted by molar-refractivity contribution is 4.82. The van der Waals surface area contributed by atoms with Gasteiger partial charge in [0.15, 0.2) is 11.3 Å². The second kappa shape index (κ2) is 2.09. The average molecular weight is 146 g/mol. The van der Waals surface area contributed by atoms with Crippen molar-refractivity contribution in [2.45, 2.75) is 0 Å². The Morgan fingerprint density at radius 2 is 2.70 bits per heavy atom. The lowest BCUT2D eigenvalue weighted by atomic mass is 10.6. The van der Waals surface area contributed by atoms with Crippen molar-refractivity contribution >= 4 is 0 Å². The van der Waals surface area contributed by atoms with Crippen LogP contribution < -0.4 is 11.2 Å². The summed E-state index contributed by atoms with van der Waals surface area (Å²) in [4.78, 5) is 12.8. The van der Waals surface area contributed by atoms with E-state index in [1.54, 1.807) is 0 Å². The number of rotatable bonds is 0. The zero-order valence-electron chi connectivity index (χ0n) is 7.81. The van der Waals surface area contributed by atoms with E-state index in [9.17, 15) is 9.18 Å². The van der Waals surface area contributed by atoms with E-state index in [0.717, 1.165) is 0 Å². The van der Waals surface area contributed by atoms with Crippen LogP contribution in [-0.2, 0) is 6.98 Å². The smallest absolute Gasteiger partial charge is 0.311 e. The lowest BCUT2D eigenvalue weighted by molar-refractivity contribution is 0.555. The van der Waals surface area contributed by atoms with E-state index in [2.05, 4.69) is 0 Å². The summed E-state index contributed by atoms with van der Waals surface area (Å²) >= 11 is 0. The molecule has 1 aromatic heterocycles. The van der Waals surface area contributed by atoms with Crippen molar-refractivity contribution in [1.29, 1.82) is 5.41 Å². The minimum Gasteiger partial charge on any atom is -0.311 e. The Bertz CT molecular complexity index is 432. The van der Waals surface area contributed by atoms with Gasteiger partial charge in [0, 0.05) is 17.3 Å². The number of nitrogens with one attached hydrogen (secondary N) is 2. The highest BCUT2D eigenvalue weighted by atomic mass is 19.1. The second-order valence-electron chi connectivity index (χ2n) is 1.63. The molecule has 1 heterocycles. The van der Waals surface area contributed by atoms with Gasteiger partial charge in [0.2, 0.25) is 0 Å². The van der Waals surface area contributed by atoms with Crippen molar-refractivity contribution < 1.29 is 8.50 Å². The molecule has 0 amide bonds. The molecule has 54 valence electrons. The summed E-state index contributed by atoms with van der Waals surface area (Å²) in [5.74, 6) is -1.09. The van der Waals surface area contributed by atoms with Crippen molar-refractivity contribution in [3.05, 3.63) is 28.0 Å². The maximum Gasteiger partial charge on any atom is 0.326 e. The quantitative estimate of drug-likeness (QED) is 0.501. The van der Waals surface area contributed by atoms with Gasteiger partial charge in [-0.2, -0.15) is 0 Å². The molecule has 0 bridgehead atoms. The van der Waals surface area contributed by atoms with Crippen LogP contribution in [0.3, 0.4) is 0 Å². The van der Waals surface area contributed by atoms with Gasteiger partial charge in [0.05, 0.1) is 0 Å². The minimum atomic E-state index is -2.84. The maximum absolute atomic E-state index is 12.7. The van der Waals surface area contributed by atoms with Gasteiger partial charge in [-0.3, -0.25) is 9.98 Å². The summed E-state index contributed by atoms with van der Waals surface area (Å²) in [5.41, 5.74) is -1.99. The number of halogens is 1. The molecule has 0 aliphatic heterocycles. The van der Waals surface area contributed by atoms with Crippen molar-refractivity contribution in [2.24, 2.45) is 6.98 Å². The zero-order valence-corrected chi connectivity index (χ0v) is 4.81. The largest absolute Gasteiger partial charge is 0.326 e. The van der Waals surface area contributed by atoms with E-state index in [4.69, 9.17) is 9.52 Å². The van der Waals surface area contributed by atoms with Crippen LogP contribution in [0, 0.1) is 11.2 Å². The van der Waals surface area contributed by atoms with E-state index in [1.807, 2.05) is 4.98 Å². The van der Waals surface area contributed by atoms with Crippen molar-refractivity contribution in [1.82, 2.24) is 9.55 Å². The van der Waals surface area contributed by atoms with E-state index in [1.165, 1.54) is 0 Å². The molecule has 10 heavy (non-hydrogen) atoms. The monoisotopic (exact) mass is 146 g/mol. The Kier molecular flexibility index (Phi) is 0.774. The Morgan fingerprint density at radius 3 is 3.20 bits per heavy atom. The summed E-state index contributed by atoms with van der Waals surface area (Å²) in [6.07, 6.45) is 0.646. The predicted molar refractivity (Wildman–Crippen MR) is 31.8 cm³/mol. The number of aromatic amines is 1. The standard InChI is InChI=1S/C5H6FN3O/c1-9-4(7)3(6)2-8-5(9)10/h2,7H,1H3,(H,8,10)/i1D3. The number of H-pyrrole nitrogens is 1. The summed E-state index contributed by atoms with van der Waals surface area (Å²) < 4.78 is 33.3. The number of aromatic nitrogens is 2. The minimum absolute atomic E-state index is 0.0718. The van der Waals surface area contributed by atoms with Gasteiger partial charge in [0.25, 0.3) is 0 Å². The molecule has 5 heteroatoms. The molecule has 0 spiro atoms. The highest BCUT2D eigenvalue weighted by Gasteiger charge is 1.96.